The van der Waals surface area contributed by atoms with Crippen LogP contribution >= 0.6 is 0 Å². The van der Waals surface area contributed by atoms with Crippen LogP contribution in [-0.2, 0) is 0 Å². The molecule has 5 rings (SSSR count). The fourth-order valence-electron chi connectivity index (χ4n) is 3.58. The van der Waals surface area contributed by atoms with Crippen molar-refractivity contribution in [2.45, 2.75) is 18.9 Å². The number of nitrogens with zero attached hydrogens (tertiary/aromatic N) is 2. The van der Waals surface area contributed by atoms with Crippen molar-refractivity contribution >= 4 is 16.7 Å². The first kappa shape index (κ1) is 12.8. The SMILES string of the molecule is O=C(NC1CN2CCC1CC2)c1cc2ccccc2cn1. The normalized spacial score (nSPS) is 27.7. The molecule has 4 nitrogen and oxygen atoms in total. The first-order valence-corrected chi connectivity index (χ1v) is 7.67. The van der Waals surface area contributed by atoms with Gasteiger partial charge in [0.25, 0.3) is 5.91 Å². The lowest BCUT2D eigenvalue weighted by Crippen LogP contribution is -2.57. The number of hydrogen-bond donors (Lipinski definition) is 1. The fraction of sp³-hybridized carbons (Fsp3) is 0.412. The maximum Gasteiger partial charge on any atom is 0.270 e. The number of piperidine rings is 3. The minimum absolute atomic E-state index is 0.0421. The van der Waals surface area contributed by atoms with Crippen molar-refractivity contribution in [1.82, 2.24) is 15.2 Å². The second kappa shape index (κ2) is 5.11. The standard InChI is InChI=1S/C17H19N3O/c21-17(19-16-11-20-7-5-12(16)6-8-20)15-9-13-3-1-2-4-14(13)10-18-15/h1-4,9-10,12,16H,5-8,11H2,(H,19,21). The van der Waals surface area contributed by atoms with Gasteiger partial charge in [0.2, 0.25) is 0 Å². The predicted molar refractivity (Wildman–Crippen MR) is 82.2 cm³/mol. The number of pyridine rings is 1. The molecule has 3 fully saturated rings. The van der Waals surface area contributed by atoms with Gasteiger partial charge in [0.1, 0.15) is 5.69 Å². The van der Waals surface area contributed by atoms with E-state index in [4.69, 9.17) is 0 Å². The molecule has 0 saturated carbocycles. The molecule has 0 radical (unpaired) electrons. The third-order valence-corrected chi connectivity index (χ3v) is 4.84. The van der Waals surface area contributed by atoms with Gasteiger partial charge in [-0.05, 0) is 43.3 Å². The Morgan fingerprint density at radius 3 is 2.67 bits per heavy atom. The van der Waals surface area contributed by atoms with E-state index < -0.39 is 0 Å². The minimum atomic E-state index is -0.0421. The van der Waals surface area contributed by atoms with Crippen molar-refractivity contribution in [2.24, 2.45) is 5.92 Å². The Hall–Kier alpha value is -1.94. The summed E-state index contributed by atoms with van der Waals surface area (Å²) in [7, 11) is 0. The van der Waals surface area contributed by atoms with Gasteiger partial charge in [-0.15, -0.1) is 0 Å². The second-order valence-electron chi connectivity index (χ2n) is 6.13. The summed E-state index contributed by atoms with van der Waals surface area (Å²) in [5.74, 6) is 0.596. The van der Waals surface area contributed by atoms with E-state index in [9.17, 15) is 4.79 Å². The number of amides is 1. The van der Waals surface area contributed by atoms with E-state index in [2.05, 4.69) is 15.2 Å². The van der Waals surface area contributed by atoms with Gasteiger partial charge in [0, 0.05) is 24.2 Å². The number of carbonyl (C=O) groups excluding carboxylic acids is 1. The molecule has 1 unspecified atom stereocenters. The van der Waals surface area contributed by atoms with Gasteiger partial charge >= 0.3 is 0 Å². The van der Waals surface area contributed by atoms with Crippen LogP contribution in [0.15, 0.2) is 36.5 Å². The minimum Gasteiger partial charge on any atom is -0.346 e. The van der Waals surface area contributed by atoms with Crippen molar-refractivity contribution in [3.05, 3.63) is 42.2 Å². The van der Waals surface area contributed by atoms with Crippen LogP contribution in [-0.4, -0.2) is 41.5 Å². The van der Waals surface area contributed by atoms with E-state index in [0.717, 1.165) is 17.3 Å². The molecule has 4 heterocycles. The Morgan fingerprint density at radius 1 is 1.19 bits per heavy atom. The summed E-state index contributed by atoms with van der Waals surface area (Å²) < 4.78 is 0. The monoisotopic (exact) mass is 281 g/mol. The Labute approximate surface area is 124 Å². The molecule has 1 N–H and O–H groups in total. The molecule has 0 aliphatic carbocycles. The van der Waals surface area contributed by atoms with Crippen molar-refractivity contribution in [3.8, 4) is 0 Å². The summed E-state index contributed by atoms with van der Waals surface area (Å²) in [6, 6.07) is 10.2. The molecule has 4 heteroatoms. The number of aromatic nitrogens is 1. The van der Waals surface area contributed by atoms with Crippen LogP contribution in [0.3, 0.4) is 0 Å². The van der Waals surface area contributed by atoms with Crippen molar-refractivity contribution < 1.29 is 4.79 Å². The zero-order chi connectivity index (χ0) is 14.2. The molecule has 108 valence electrons. The Kier molecular flexibility index (Phi) is 3.11. The molecule has 1 atom stereocenters. The largest absolute Gasteiger partial charge is 0.346 e. The molecular formula is C17H19N3O. The Morgan fingerprint density at radius 2 is 1.95 bits per heavy atom. The van der Waals surface area contributed by atoms with Crippen LogP contribution in [0.1, 0.15) is 23.3 Å². The highest BCUT2D eigenvalue weighted by Gasteiger charge is 2.35. The lowest BCUT2D eigenvalue weighted by atomic mass is 9.84. The molecule has 1 aromatic heterocycles. The van der Waals surface area contributed by atoms with E-state index in [1.165, 1.54) is 25.9 Å². The van der Waals surface area contributed by atoms with Crippen LogP contribution in [0.2, 0.25) is 0 Å². The highest BCUT2D eigenvalue weighted by Crippen LogP contribution is 2.27. The summed E-state index contributed by atoms with van der Waals surface area (Å²) in [5, 5.41) is 5.32. The number of rotatable bonds is 2. The van der Waals surface area contributed by atoms with Crippen molar-refractivity contribution in [3.63, 3.8) is 0 Å². The summed E-state index contributed by atoms with van der Waals surface area (Å²) in [5.41, 5.74) is 0.519. The van der Waals surface area contributed by atoms with E-state index in [-0.39, 0.29) is 11.9 Å². The first-order valence-electron chi connectivity index (χ1n) is 7.67. The number of hydrogen-bond acceptors (Lipinski definition) is 3. The van der Waals surface area contributed by atoms with Gasteiger partial charge in [-0.25, -0.2) is 0 Å². The third-order valence-electron chi connectivity index (χ3n) is 4.84. The van der Waals surface area contributed by atoms with Gasteiger partial charge < -0.3 is 10.2 Å². The number of carbonyl (C=O) groups is 1. The van der Waals surface area contributed by atoms with Crippen LogP contribution in [0, 0.1) is 5.92 Å². The summed E-state index contributed by atoms with van der Waals surface area (Å²) in [6.45, 7) is 3.36. The number of nitrogens with one attached hydrogen (secondary N) is 1. The lowest BCUT2D eigenvalue weighted by Gasteiger charge is -2.44. The van der Waals surface area contributed by atoms with Crippen LogP contribution in [0.25, 0.3) is 10.8 Å². The Bertz CT molecular complexity index is 677. The van der Waals surface area contributed by atoms with Gasteiger partial charge in [-0.1, -0.05) is 24.3 Å². The van der Waals surface area contributed by atoms with Crippen LogP contribution in [0.4, 0.5) is 0 Å². The van der Waals surface area contributed by atoms with Gasteiger partial charge in [-0.2, -0.15) is 0 Å². The Balaban J connectivity index is 1.53. The summed E-state index contributed by atoms with van der Waals surface area (Å²) in [4.78, 5) is 19.2. The van der Waals surface area contributed by atoms with Gasteiger partial charge in [-0.3, -0.25) is 9.78 Å². The molecule has 3 aliphatic rings. The average Bonchev–Trinajstić information content (AvgIpc) is 2.55. The maximum atomic E-state index is 12.4. The molecule has 0 spiro atoms. The highest BCUT2D eigenvalue weighted by atomic mass is 16.1. The zero-order valence-corrected chi connectivity index (χ0v) is 12.0. The van der Waals surface area contributed by atoms with Gasteiger partial charge in [0.05, 0.1) is 0 Å². The molecule has 2 bridgehead atoms. The molecule has 21 heavy (non-hydrogen) atoms. The molecule has 2 aromatic rings. The first-order chi connectivity index (χ1) is 10.3. The second-order valence-corrected chi connectivity index (χ2v) is 6.13. The summed E-state index contributed by atoms with van der Waals surface area (Å²) in [6.07, 6.45) is 4.19. The lowest BCUT2D eigenvalue weighted by molar-refractivity contribution is 0.0618. The van der Waals surface area contributed by atoms with Crippen molar-refractivity contribution in [2.75, 3.05) is 19.6 Å². The number of benzene rings is 1. The van der Waals surface area contributed by atoms with Gasteiger partial charge in [0.15, 0.2) is 0 Å². The highest BCUT2D eigenvalue weighted by molar-refractivity contribution is 5.96. The summed E-state index contributed by atoms with van der Waals surface area (Å²) >= 11 is 0. The smallest absolute Gasteiger partial charge is 0.270 e. The van der Waals surface area contributed by atoms with E-state index in [0.29, 0.717) is 11.6 Å². The topological polar surface area (TPSA) is 45.2 Å². The van der Waals surface area contributed by atoms with E-state index >= 15 is 0 Å². The average molecular weight is 281 g/mol. The quantitative estimate of drug-likeness (QED) is 0.916. The van der Waals surface area contributed by atoms with E-state index in [1.807, 2.05) is 30.3 Å². The number of fused-ring (bicyclic) bond motifs is 4. The molecule has 1 amide bonds. The van der Waals surface area contributed by atoms with Crippen LogP contribution in [0.5, 0.6) is 0 Å². The molecule has 3 saturated heterocycles. The fourth-order valence-corrected chi connectivity index (χ4v) is 3.58. The third kappa shape index (κ3) is 2.40. The van der Waals surface area contributed by atoms with Crippen LogP contribution < -0.4 is 5.32 Å². The molecular weight excluding hydrogens is 262 g/mol. The predicted octanol–water partition coefficient (Wildman–Crippen LogP) is 2.06. The molecule has 1 aromatic carbocycles. The van der Waals surface area contributed by atoms with E-state index in [1.54, 1.807) is 6.20 Å². The zero-order valence-electron chi connectivity index (χ0n) is 12.0. The van der Waals surface area contributed by atoms with Crippen molar-refractivity contribution in [1.29, 1.82) is 0 Å². The maximum absolute atomic E-state index is 12.4. The molecule has 3 aliphatic heterocycles.